The first-order chi connectivity index (χ1) is 9.97. The molecule has 0 aliphatic carbocycles. The minimum absolute atomic E-state index is 0.0740. The number of aliphatic hydroxyl groups is 2. The molecule has 1 aliphatic heterocycles. The first kappa shape index (κ1) is 15.0. The Morgan fingerprint density at radius 2 is 2.38 bits per heavy atom. The monoisotopic (exact) mass is 295 g/mol. The van der Waals surface area contributed by atoms with Gasteiger partial charge in [-0.1, -0.05) is 11.7 Å². The fraction of sp³-hybridized carbons (Fsp3) is 0.455. The van der Waals surface area contributed by atoms with Gasteiger partial charge in [0, 0.05) is 23.2 Å². The molecule has 0 radical (unpaired) electrons. The van der Waals surface area contributed by atoms with Crippen LogP contribution in [0.2, 0.25) is 0 Å². The lowest BCUT2D eigenvalue weighted by molar-refractivity contribution is -0.0459. The van der Waals surface area contributed by atoms with Crippen LogP contribution in [0, 0.1) is 0 Å². The predicted molar refractivity (Wildman–Crippen MR) is 71.1 cm³/mol. The van der Waals surface area contributed by atoms with Gasteiger partial charge in [0.2, 0.25) is 0 Å². The van der Waals surface area contributed by atoms with Crippen molar-refractivity contribution >= 4 is 5.70 Å². The molecule has 3 N–H and O–H groups in total. The van der Waals surface area contributed by atoms with Crippen LogP contribution < -0.4 is 11.2 Å². The van der Waals surface area contributed by atoms with Crippen molar-refractivity contribution in [2.24, 2.45) is 5.11 Å². The minimum Gasteiger partial charge on any atom is -0.394 e. The maximum Gasteiger partial charge on any atom is 0.330 e. The molecule has 0 bridgehead atoms. The quantitative estimate of drug-likeness (QED) is 0.386. The van der Waals surface area contributed by atoms with Crippen LogP contribution in [0.15, 0.2) is 27.5 Å². The molecule has 1 aromatic heterocycles. The first-order valence-corrected chi connectivity index (χ1v) is 6.02. The second-order valence-corrected chi connectivity index (χ2v) is 4.46. The van der Waals surface area contributed by atoms with Gasteiger partial charge in [-0.2, -0.15) is 0 Å². The normalized spacial score (nSPS) is 24.6. The summed E-state index contributed by atoms with van der Waals surface area (Å²) in [6.45, 7) is 3.04. The molecule has 0 saturated carbocycles. The third-order valence-corrected chi connectivity index (χ3v) is 3.14. The minimum atomic E-state index is -0.928. The molecule has 2 heterocycles. The number of hydrogen-bond donors (Lipinski definition) is 3. The molecule has 1 saturated heterocycles. The van der Waals surface area contributed by atoms with Gasteiger partial charge in [0.25, 0.3) is 5.56 Å². The zero-order valence-electron chi connectivity index (χ0n) is 10.8. The van der Waals surface area contributed by atoms with E-state index in [1.807, 2.05) is 0 Å². The number of H-pyrrole nitrogens is 1. The molecule has 0 spiro atoms. The third-order valence-electron chi connectivity index (χ3n) is 3.14. The second kappa shape index (κ2) is 5.94. The Labute approximate surface area is 117 Å². The Morgan fingerprint density at radius 1 is 1.67 bits per heavy atom. The number of nitrogens with zero attached hydrogens (tertiary/aromatic N) is 4. The Balaban J connectivity index is 2.44. The van der Waals surface area contributed by atoms with E-state index in [9.17, 15) is 14.7 Å². The maximum atomic E-state index is 11.8. The highest BCUT2D eigenvalue weighted by molar-refractivity contribution is 5.60. The Bertz CT molecular complexity index is 716. The van der Waals surface area contributed by atoms with Gasteiger partial charge in [0.05, 0.1) is 18.3 Å². The average Bonchev–Trinajstić information content (AvgIpc) is 2.80. The number of ether oxygens (including phenoxy) is 1. The number of aliphatic hydroxyl groups excluding tert-OH is 2. The molecule has 112 valence electrons. The molecule has 0 amide bonds. The summed E-state index contributed by atoms with van der Waals surface area (Å²) in [5.41, 5.74) is 6.64. The van der Waals surface area contributed by atoms with Gasteiger partial charge >= 0.3 is 5.69 Å². The molecule has 3 atom stereocenters. The highest BCUT2D eigenvalue weighted by Gasteiger charge is 2.35. The fourth-order valence-corrected chi connectivity index (χ4v) is 2.06. The number of rotatable bonds is 4. The summed E-state index contributed by atoms with van der Waals surface area (Å²) in [4.78, 5) is 28.1. The van der Waals surface area contributed by atoms with E-state index in [0.29, 0.717) is 0 Å². The van der Waals surface area contributed by atoms with Crippen molar-refractivity contribution < 1.29 is 14.9 Å². The number of azide groups is 1. The van der Waals surface area contributed by atoms with Gasteiger partial charge in [-0.3, -0.25) is 14.3 Å². The van der Waals surface area contributed by atoms with Crippen LogP contribution in [0.3, 0.4) is 0 Å². The fourth-order valence-electron chi connectivity index (χ4n) is 2.06. The third kappa shape index (κ3) is 2.88. The summed E-state index contributed by atoms with van der Waals surface area (Å²) in [5, 5.41) is 21.9. The van der Waals surface area contributed by atoms with E-state index in [0.717, 1.165) is 10.8 Å². The zero-order valence-corrected chi connectivity index (χ0v) is 10.8. The molecule has 10 heteroatoms. The van der Waals surface area contributed by atoms with Gasteiger partial charge in [-0.05, 0) is 5.53 Å². The number of hydrogen-bond acceptors (Lipinski definition) is 6. The van der Waals surface area contributed by atoms with Crippen LogP contribution in [-0.4, -0.2) is 38.6 Å². The summed E-state index contributed by atoms with van der Waals surface area (Å²) in [6, 6.07) is 0. The number of nitrogens with one attached hydrogen (secondary N) is 1. The van der Waals surface area contributed by atoms with Crippen molar-refractivity contribution in [3.8, 4) is 0 Å². The SMILES string of the molecule is C=C(N=[N+]=[N-])c1cn([C@@H]2CC(O)[C@H](CO)O2)c(=O)[nH]c1=O. The van der Waals surface area contributed by atoms with Crippen molar-refractivity contribution in [3.05, 3.63) is 49.6 Å². The number of aromatic amines is 1. The summed E-state index contributed by atoms with van der Waals surface area (Å²) in [5.74, 6) is 0. The van der Waals surface area contributed by atoms with Gasteiger partial charge in [0.15, 0.2) is 0 Å². The maximum absolute atomic E-state index is 11.8. The van der Waals surface area contributed by atoms with Gasteiger partial charge in [-0.25, -0.2) is 4.79 Å². The van der Waals surface area contributed by atoms with Crippen LogP contribution in [0.1, 0.15) is 18.2 Å². The standard InChI is InChI=1S/C11H13N5O5/c1-5(14-15-12)6-3-16(11(20)13-10(6)19)9-2-7(18)8(4-17)21-9/h3,7-9,17-18H,1-2,4H2,(H,13,19,20)/t7?,8-,9-/m0/s1. The van der Waals surface area contributed by atoms with Gasteiger partial charge in [-0.15, -0.1) is 0 Å². The van der Waals surface area contributed by atoms with Gasteiger partial charge in [0.1, 0.15) is 12.3 Å². The largest absolute Gasteiger partial charge is 0.394 e. The number of aromatic nitrogens is 2. The molecule has 0 aromatic carbocycles. The molecule has 21 heavy (non-hydrogen) atoms. The first-order valence-electron chi connectivity index (χ1n) is 6.02. The molecule has 1 fully saturated rings. The lowest BCUT2D eigenvalue weighted by atomic mass is 10.2. The average molecular weight is 295 g/mol. The van der Waals surface area contributed by atoms with E-state index >= 15 is 0 Å². The Hall–Kier alpha value is -2.39. The molecule has 1 aromatic rings. The molecule has 1 aliphatic rings. The molecule has 1 unspecified atom stereocenters. The summed E-state index contributed by atoms with van der Waals surface area (Å²) in [6.07, 6.45) is -1.36. The lowest BCUT2D eigenvalue weighted by Crippen LogP contribution is -2.34. The topological polar surface area (TPSA) is 153 Å². The van der Waals surface area contributed by atoms with E-state index < -0.39 is 36.3 Å². The summed E-state index contributed by atoms with van der Waals surface area (Å²) >= 11 is 0. The van der Waals surface area contributed by atoms with E-state index in [1.165, 1.54) is 0 Å². The summed E-state index contributed by atoms with van der Waals surface area (Å²) < 4.78 is 6.38. The highest BCUT2D eigenvalue weighted by Crippen LogP contribution is 2.27. The van der Waals surface area contributed by atoms with Crippen LogP contribution in [0.4, 0.5) is 0 Å². The van der Waals surface area contributed by atoms with Crippen LogP contribution in [-0.2, 0) is 4.74 Å². The smallest absolute Gasteiger partial charge is 0.330 e. The van der Waals surface area contributed by atoms with E-state index in [2.05, 4.69) is 21.6 Å². The van der Waals surface area contributed by atoms with Crippen LogP contribution in [0.5, 0.6) is 0 Å². The van der Waals surface area contributed by atoms with E-state index in [-0.39, 0.29) is 17.7 Å². The summed E-state index contributed by atoms with van der Waals surface area (Å²) in [7, 11) is 0. The lowest BCUT2D eigenvalue weighted by Gasteiger charge is -2.15. The molecule has 10 nitrogen and oxygen atoms in total. The van der Waals surface area contributed by atoms with Crippen LogP contribution in [0.25, 0.3) is 16.1 Å². The molecular formula is C11H13N5O5. The Kier molecular flexibility index (Phi) is 4.24. The van der Waals surface area contributed by atoms with Crippen molar-refractivity contribution in [1.82, 2.24) is 9.55 Å². The highest BCUT2D eigenvalue weighted by atomic mass is 16.5. The van der Waals surface area contributed by atoms with Crippen molar-refractivity contribution in [2.45, 2.75) is 24.9 Å². The van der Waals surface area contributed by atoms with Crippen molar-refractivity contribution in [1.29, 1.82) is 0 Å². The van der Waals surface area contributed by atoms with Crippen molar-refractivity contribution in [3.63, 3.8) is 0 Å². The van der Waals surface area contributed by atoms with E-state index in [4.69, 9.17) is 15.4 Å². The Morgan fingerprint density at radius 3 is 2.95 bits per heavy atom. The zero-order chi connectivity index (χ0) is 15.6. The van der Waals surface area contributed by atoms with Gasteiger partial charge < -0.3 is 14.9 Å². The predicted octanol–water partition coefficient (Wildman–Crippen LogP) is -0.542. The van der Waals surface area contributed by atoms with Crippen LogP contribution >= 0.6 is 0 Å². The van der Waals surface area contributed by atoms with E-state index in [1.54, 1.807) is 0 Å². The molecule has 2 rings (SSSR count). The van der Waals surface area contributed by atoms with Crippen molar-refractivity contribution in [2.75, 3.05) is 6.61 Å². The molecular weight excluding hydrogens is 282 g/mol. The second-order valence-electron chi connectivity index (χ2n) is 4.46.